The van der Waals surface area contributed by atoms with Gasteiger partial charge in [-0.2, -0.15) is 0 Å². The maximum atomic E-state index is 3.54. The molecule has 0 spiro atoms. The van der Waals surface area contributed by atoms with Gasteiger partial charge in [-0.15, -0.1) is 9.75 Å². The van der Waals surface area contributed by atoms with E-state index in [1.807, 2.05) is 11.3 Å². The van der Waals surface area contributed by atoms with E-state index in [-0.39, 0.29) is 32.7 Å². The Morgan fingerprint density at radius 2 is 2.21 bits per heavy atom. The molecule has 73 valence electrons. The summed E-state index contributed by atoms with van der Waals surface area (Å²) < 4.78 is 0. The van der Waals surface area contributed by atoms with Gasteiger partial charge in [-0.25, -0.2) is 11.6 Å². The molecule has 1 N–H and O–H groups in total. The van der Waals surface area contributed by atoms with Gasteiger partial charge in [-0.3, -0.25) is 11.3 Å². The third-order valence-electron chi connectivity index (χ3n) is 3.53. The molecule has 3 atom stereocenters. The molecule has 2 aliphatic rings. The molecule has 1 aromatic heterocycles. The molecule has 0 amide bonds. The van der Waals surface area contributed by atoms with Gasteiger partial charge in [-0.05, 0) is 31.8 Å². The number of hydrogen-bond acceptors (Lipinski definition) is 2. The summed E-state index contributed by atoms with van der Waals surface area (Å²) in [7, 11) is 0. The van der Waals surface area contributed by atoms with Gasteiger partial charge in [0, 0.05) is 32.7 Å². The van der Waals surface area contributed by atoms with Gasteiger partial charge in [0.15, 0.2) is 0 Å². The van der Waals surface area contributed by atoms with E-state index in [0.29, 0.717) is 0 Å². The van der Waals surface area contributed by atoms with Crippen LogP contribution in [0.3, 0.4) is 0 Å². The number of aryl methyl sites for hydroxylation is 1. The smallest absolute Gasteiger partial charge is 0 e. The zero-order valence-electron chi connectivity index (χ0n) is 8.63. The maximum Gasteiger partial charge on any atom is 0 e. The summed E-state index contributed by atoms with van der Waals surface area (Å²) in [6.07, 6.45) is 0. The van der Waals surface area contributed by atoms with Crippen LogP contribution in [0, 0.1) is 18.9 Å². The molecule has 1 saturated heterocycles. The molecule has 0 bridgehead atoms. The van der Waals surface area contributed by atoms with Crippen molar-refractivity contribution in [2.75, 3.05) is 13.1 Å². The van der Waals surface area contributed by atoms with Crippen LogP contribution in [-0.4, -0.2) is 13.1 Å². The van der Waals surface area contributed by atoms with Gasteiger partial charge in [0.25, 0.3) is 0 Å². The topological polar surface area (TPSA) is 12.0 Å². The van der Waals surface area contributed by atoms with Crippen LogP contribution < -0.4 is 5.32 Å². The first-order valence-corrected chi connectivity index (χ1v) is 5.82. The summed E-state index contributed by atoms with van der Waals surface area (Å²) in [5, 5.41) is 3.49. The number of fused-ring (bicyclic) bond motifs is 3. The van der Waals surface area contributed by atoms with Crippen LogP contribution in [0.2, 0.25) is 0 Å². The van der Waals surface area contributed by atoms with E-state index in [9.17, 15) is 0 Å². The quantitative estimate of drug-likeness (QED) is 0.719. The maximum absolute atomic E-state index is 3.54. The van der Waals surface area contributed by atoms with E-state index >= 15 is 0 Å². The van der Waals surface area contributed by atoms with Gasteiger partial charge in [0.2, 0.25) is 0 Å². The van der Waals surface area contributed by atoms with Crippen LogP contribution in [0.4, 0.5) is 0 Å². The average Bonchev–Trinajstić information content (AvgIpc) is 2.70. The number of thiophene rings is 1. The molecule has 3 unspecified atom stereocenters. The second-order valence-electron chi connectivity index (χ2n) is 4.28. The first-order valence-electron chi connectivity index (χ1n) is 5.00. The largest absolute Gasteiger partial charge is 0.316 e. The molecule has 1 nitrogen and oxygen atoms in total. The number of nitrogens with one attached hydrogen (secondary N) is 1. The van der Waals surface area contributed by atoms with Crippen molar-refractivity contribution < 1.29 is 32.7 Å². The Hall–Kier alpha value is 0.764. The fraction of sp³-hybridized carbons (Fsp3) is 0.636. The molecule has 3 heteroatoms. The van der Waals surface area contributed by atoms with Crippen LogP contribution in [0.5, 0.6) is 0 Å². The molecule has 14 heavy (non-hydrogen) atoms. The number of hydrogen-bond donors (Lipinski definition) is 1. The van der Waals surface area contributed by atoms with Crippen molar-refractivity contribution in [1.82, 2.24) is 5.32 Å². The van der Waals surface area contributed by atoms with Crippen LogP contribution in [0.1, 0.15) is 34.1 Å². The summed E-state index contributed by atoms with van der Waals surface area (Å²) in [5.41, 5.74) is 1.53. The summed E-state index contributed by atoms with van der Waals surface area (Å²) >= 11 is 1.96. The molecule has 1 fully saturated rings. The molecular formula is C11H14NSY-. The predicted molar refractivity (Wildman–Crippen MR) is 55.4 cm³/mol. The van der Waals surface area contributed by atoms with E-state index in [1.54, 1.807) is 4.88 Å². The summed E-state index contributed by atoms with van der Waals surface area (Å²) in [6.45, 7) is 6.93. The van der Waals surface area contributed by atoms with Crippen molar-refractivity contribution >= 4 is 11.3 Å². The van der Waals surface area contributed by atoms with Gasteiger partial charge < -0.3 is 5.32 Å². The Morgan fingerprint density at radius 1 is 1.43 bits per heavy atom. The Bertz CT molecular complexity index is 347. The van der Waals surface area contributed by atoms with Crippen LogP contribution >= 0.6 is 11.3 Å². The molecule has 1 aromatic rings. The van der Waals surface area contributed by atoms with E-state index in [2.05, 4.69) is 25.2 Å². The van der Waals surface area contributed by atoms with Crippen LogP contribution in [-0.2, 0) is 32.7 Å². The first kappa shape index (κ1) is 11.3. The van der Waals surface area contributed by atoms with E-state index in [4.69, 9.17) is 0 Å². The van der Waals surface area contributed by atoms with Crippen molar-refractivity contribution in [1.29, 1.82) is 0 Å². The summed E-state index contributed by atoms with van der Waals surface area (Å²) in [4.78, 5) is 2.98. The third kappa shape index (κ3) is 1.46. The van der Waals surface area contributed by atoms with Crippen molar-refractivity contribution in [3.8, 4) is 0 Å². The average molecular weight is 281 g/mol. The van der Waals surface area contributed by atoms with Gasteiger partial charge >= 0.3 is 0 Å². The van der Waals surface area contributed by atoms with Crippen LogP contribution in [0.15, 0.2) is 0 Å². The molecule has 0 aromatic carbocycles. The monoisotopic (exact) mass is 281 g/mol. The second kappa shape index (κ2) is 3.97. The minimum atomic E-state index is 0. The zero-order valence-corrected chi connectivity index (χ0v) is 12.3. The normalized spacial score (nSPS) is 33.7. The molecule has 2 heterocycles. The molecule has 1 aliphatic heterocycles. The second-order valence-corrected chi connectivity index (χ2v) is 5.53. The fourth-order valence-corrected chi connectivity index (χ4v) is 4.01. The van der Waals surface area contributed by atoms with Gasteiger partial charge in [0.05, 0.1) is 0 Å². The predicted octanol–water partition coefficient (Wildman–Crippen LogP) is 2.27. The molecule has 1 radical (unpaired) electrons. The Morgan fingerprint density at radius 3 is 3.00 bits per heavy atom. The SMILES string of the molecule is Cc1[c-]c2c(s1)C(C)C1CNCC21.[Y]. The summed E-state index contributed by atoms with van der Waals surface area (Å²) in [6, 6.07) is 3.54. The molecule has 1 aliphatic carbocycles. The minimum Gasteiger partial charge on any atom is -0.316 e. The van der Waals surface area contributed by atoms with E-state index < -0.39 is 0 Å². The van der Waals surface area contributed by atoms with Crippen LogP contribution in [0.25, 0.3) is 0 Å². The van der Waals surface area contributed by atoms with Gasteiger partial charge in [-0.1, -0.05) is 12.8 Å². The molecule has 3 rings (SSSR count). The summed E-state index contributed by atoms with van der Waals surface area (Å²) in [5.74, 6) is 2.40. The standard InChI is InChI=1S/C11H14NS.Y/c1-6-3-8-10-5-12-4-9(10)7(2)11(8)13-6;/h7,9-10,12H,4-5H2,1-2H3;/q-1;. The van der Waals surface area contributed by atoms with Crippen molar-refractivity contribution in [3.63, 3.8) is 0 Å². The van der Waals surface area contributed by atoms with Crippen molar-refractivity contribution in [2.24, 2.45) is 5.92 Å². The number of rotatable bonds is 0. The zero-order chi connectivity index (χ0) is 9.00. The third-order valence-corrected chi connectivity index (χ3v) is 4.75. The molecule has 0 saturated carbocycles. The van der Waals surface area contributed by atoms with Gasteiger partial charge in [0.1, 0.15) is 0 Å². The van der Waals surface area contributed by atoms with Crippen molar-refractivity contribution in [3.05, 3.63) is 21.4 Å². The van der Waals surface area contributed by atoms with Crippen molar-refractivity contribution in [2.45, 2.75) is 25.7 Å². The van der Waals surface area contributed by atoms with E-state index in [0.717, 1.165) is 17.8 Å². The Labute approximate surface area is 115 Å². The molecular weight excluding hydrogens is 267 g/mol. The Balaban J connectivity index is 0.000000750. The first-order chi connectivity index (χ1) is 6.27. The fourth-order valence-electron chi connectivity index (χ4n) is 2.85. The Kier molecular flexibility index (Phi) is 3.19. The minimum absolute atomic E-state index is 0. The van der Waals surface area contributed by atoms with E-state index in [1.165, 1.54) is 23.5 Å².